The van der Waals surface area contributed by atoms with Crippen LogP contribution in [-0.4, -0.2) is 23.2 Å². The molecule has 2 aromatic rings. The molecule has 93 valence electrons. The first-order chi connectivity index (χ1) is 8.86. The zero-order valence-electron chi connectivity index (χ0n) is 10.5. The summed E-state index contributed by atoms with van der Waals surface area (Å²) >= 11 is 0. The van der Waals surface area contributed by atoms with Gasteiger partial charge in [0.05, 0.1) is 18.8 Å². The van der Waals surface area contributed by atoms with Crippen LogP contribution in [0, 0.1) is 6.07 Å². The normalized spacial score (nSPS) is 10.1. The second kappa shape index (κ2) is 6.00. The van der Waals surface area contributed by atoms with Crippen LogP contribution in [0.15, 0.2) is 30.9 Å². The Morgan fingerprint density at radius 1 is 1.00 bits per heavy atom. The Bertz CT molecular complexity index is 476. The Labute approximate surface area is 107 Å². The summed E-state index contributed by atoms with van der Waals surface area (Å²) < 4.78 is 11.2. The Morgan fingerprint density at radius 2 is 1.56 bits per heavy atom. The lowest BCUT2D eigenvalue weighted by Crippen LogP contribution is -1.99. The highest BCUT2D eigenvalue weighted by Gasteiger charge is 2.13. The minimum absolute atomic E-state index is 0.587. The molecule has 1 aromatic carbocycles. The highest BCUT2D eigenvalue weighted by Crippen LogP contribution is 2.37. The third kappa shape index (κ3) is 2.59. The van der Waals surface area contributed by atoms with Gasteiger partial charge in [0.25, 0.3) is 0 Å². The molecule has 0 aliphatic carbocycles. The Balaban J connectivity index is 2.53. The predicted molar refractivity (Wildman–Crippen MR) is 68.6 cm³/mol. The number of ether oxygens (including phenoxy) is 2. The predicted octanol–water partition coefficient (Wildman–Crippen LogP) is 2.74. The van der Waals surface area contributed by atoms with Crippen LogP contribution in [0.5, 0.6) is 11.5 Å². The average Bonchev–Trinajstić information content (AvgIpc) is 2.41. The highest BCUT2D eigenvalue weighted by atomic mass is 16.5. The number of nitrogens with zero attached hydrogens (tertiary/aromatic N) is 2. The molecule has 0 N–H and O–H groups in total. The first-order valence-corrected chi connectivity index (χ1v) is 5.91. The van der Waals surface area contributed by atoms with Crippen molar-refractivity contribution >= 4 is 0 Å². The molecule has 0 aliphatic rings. The largest absolute Gasteiger partial charge is 0.493 e. The summed E-state index contributed by atoms with van der Waals surface area (Å²) in [5.74, 6) is 1.47. The smallest absolute Gasteiger partial charge is 0.131 e. The topological polar surface area (TPSA) is 44.2 Å². The van der Waals surface area contributed by atoms with E-state index in [0.29, 0.717) is 13.2 Å². The van der Waals surface area contributed by atoms with E-state index in [0.717, 1.165) is 22.6 Å². The number of aromatic nitrogens is 2. The molecular formula is C14H15N2O2. The van der Waals surface area contributed by atoms with E-state index in [1.54, 1.807) is 24.5 Å². The SMILES string of the molecule is CCOc1c[c]cc(OCC)c1-c1cncnc1. The highest BCUT2D eigenvalue weighted by molar-refractivity contribution is 5.75. The lowest BCUT2D eigenvalue weighted by molar-refractivity contribution is 0.325. The second-order valence-electron chi connectivity index (χ2n) is 3.55. The van der Waals surface area contributed by atoms with Gasteiger partial charge in [0, 0.05) is 18.0 Å². The molecule has 4 nitrogen and oxygen atoms in total. The molecule has 4 heteroatoms. The molecule has 0 unspecified atom stereocenters. The van der Waals surface area contributed by atoms with Gasteiger partial charge < -0.3 is 9.47 Å². The molecule has 1 aromatic heterocycles. The molecule has 1 radical (unpaired) electrons. The lowest BCUT2D eigenvalue weighted by Gasteiger charge is -2.14. The van der Waals surface area contributed by atoms with Gasteiger partial charge in [-0.25, -0.2) is 9.97 Å². The van der Waals surface area contributed by atoms with Gasteiger partial charge in [-0.3, -0.25) is 0 Å². The van der Waals surface area contributed by atoms with Crippen molar-refractivity contribution in [3.8, 4) is 22.6 Å². The van der Waals surface area contributed by atoms with Crippen LogP contribution in [-0.2, 0) is 0 Å². The van der Waals surface area contributed by atoms with Gasteiger partial charge in [-0.1, -0.05) is 0 Å². The molecular weight excluding hydrogens is 228 g/mol. The van der Waals surface area contributed by atoms with Crippen LogP contribution in [0.4, 0.5) is 0 Å². The van der Waals surface area contributed by atoms with Gasteiger partial charge in [0.2, 0.25) is 0 Å². The zero-order chi connectivity index (χ0) is 12.8. The Hall–Kier alpha value is -2.10. The fraction of sp³-hybridized carbons (Fsp3) is 0.286. The second-order valence-corrected chi connectivity index (χ2v) is 3.55. The Morgan fingerprint density at radius 3 is 2.06 bits per heavy atom. The minimum Gasteiger partial charge on any atom is -0.493 e. The van der Waals surface area contributed by atoms with E-state index in [1.165, 1.54) is 6.33 Å². The average molecular weight is 243 g/mol. The van der Waals surface area contributed by atoms with Gasteiger partial charge in [0.1, 0.15) is 17.8 Å². The van der Waals surface area contributed by atoms with Crippen LogP contribution >= 0.6 is 0 Å². The Kier molecular flexibility index (Phi) is 4.12. The molecule has 0 amide bonds. The third-order valence-corrected chi connectivity index (χ3v) is 2.37. The number of rotatable bonds is 5. The summed E-state index contributed by atoms with van der Waals surface area (Å²) in [6.45, 7) is 5.06. The van der Waals surface area contributed by atoms with Gasteiger partial charge >= 0.3 is 0 Å². The van der Waals surface area contributed by atoms with Crippen molar-refractivity contribution in [1.82, 2.24) is 9.97 Å². The van der Waals surface area contributed by atoms with E-state index in [1.807, 2.05) is 13.8 Å². The van der Waals surface area contributed by atoms with Gasteiger partial charge in [0.15, 0.2) is 0 Å². The summed E-state index contributed by atoms with van der Waals surface area (Å²) in [4.78, 5) is 8.06. The number of hydrogen-bond donors (Lipinski definition) is 0. The van der Waals surface area contributed by atoms with Crippen molar-refractivity contribution in [2.45, 2.75) is 13.8 Å². The van der Waals surface area contributed by atoms with Crippen LogP contribution < -0.4 is 9.47 Å². The summed E-state index contributed by atoms with van der Waals surface area (Å²) in [5.41, 5.74) is 1.75. The van der Waals surface area contributed by atoms with E-state index in [9.17, 15) is 0 Å². The minimum atomic E-state index is 0.587. The molecule has 0 saturated carbocycles. The van der Waals surface area contributed by atoms with Crippen molar-refractivity contribution in [3.63, 3.8) is 0 Å². The summed E-state index contributed by atoms with van der Waals surface area (Å²) in [5, 5.41) is 0. The van der Waals surface area contributed by atoms with Crippen LogP contribution in [0.2, 0.25) is 0 Å². The maximum absolute atomic E-state index is 5.61. The maximum atomic E-state index is 5.61. The molecule has 0 aliphatic heterocycles. The molecule has 1 heterocycles. The lowest BCUT2D eigenvalue weighted by atomic mass is 10.1. The summed E-state index contributed by atoms with van der Waals surface area (Å²) in [6.07, 6.45) is 4.99. The zero-order valence-corrected chi connectivity index (χ0v) is 10.5. The van der Waals surface area contributed by atoms with Crippen molar-refractivity contribution in [1.29, 1.82) is 0 Å². The maximum Gasteiger partial charge on any atom is 0.131 e. The monoisotopic (exact) mass is 243 g/mol. The number of hydrogen-bond acceptors (Lipinski definition) is 4. The van der Waals surface area contributed by atoms with E-state index < -0.39 is 0 Å². The van der Waals surface area contributed by atoms with Crippen LogP contribution in [0.1, 0.15) is 13.8 Å². The first-order valence-electron chi connectivity index (χ1n) is 5.91. The molecule has 2 rings (SSSR count). The summed E-state index contributed by atoms with van der Waals surface area (Å²) in [6, 6.07) is 6.62. The fourth-order valence-electron chi connectivity index (χ4n) is 1.71. The third-order valence-electron chi connectivity index (χ3n) is 2.37. The van der Waals surface area contributed by atoms with E-state index in [2.05, 4.69) is 16.0 Å². The fourth-order valence-corrected chi connectivity index (χ4v) is 1.71. The van der Waals surface area contributed by atoms with Crippen LogP contribution in [0.3, 0.4) is 0 Å². The van der Waals surface area contributed by atoms with E-state index >= 15 is 0 Å². The van der Waals surface area contributed by atoms with Crippen molar-refractivity contribution in [3.05, 3.63) is 36.9 Å². The van der Waals surface area contributed by atoms with Crippen molar-refractivity contribution in [2.75, 3.05) is 13.2 Å². The molecule has 0 saturated heterocycles. The molecule has 0 atom stereocenters. The van der Waals surface area contributed by atoms with Gasteiger partial charge in [-0.05, 0) is 32.0 Å². The number of benzene rings is 1. The summed E-state index contributed by atoms with van der Waals surface area (Å²) in [7, 11) is 0. The van der Waals surface area contributed by atoms with Crippen molar-refractivity contribution < 1.29 is 9.47 Å². The molecule has 0 spiro atoms. The first kappa shape index (κ1) is 12.4. The van der Waals surface area contributed by atoms with Crippen molar-refractivity contribution in [2.24, 2.45) is 0 Å². The van der Waals surface area contributed by atoms with Gasteiger partial charge in [-0.15, -0.1) is 0 Å². The van der Waals surface area contributed by atoms with Crippen LogP contribution in [0.25, 0.3) is 11.1 Å². The molecule has 0 fully saturated rings. The van der Waals surface area contributed by atoms with E-state index in [4.69, 9.17) is 9.47 Å². The standard InChI is InChI=1S/C14H15N2O2/c1-3-17-12-6-5-7-13(18-4-2)14(12)11-8-15-10-16-9-11/h6-10H,3-4H2,1-2H3. The van der Waals surface area contributed by atoms with Gasteiger partial charge in [-0.2, -0.15) is 0 Å². The molecule has 18 heavy (non-hydrogen) atoms. The molecule has 0 bridgehead atoms. The van der Waals surface area contributed by atoms with E-state index in [-0.39, 0.29) is 0 Å². The quantitative estimate of drug-likeness (QED) is 0.810.